The number of anilines is 1. The highest BCUT2D eigenvalue weighted by atomic mass is 16.3. The number of carbonyl (C=O) groups excluding carboxylic acids is 1. The van der Waals surface area contributed by atoms with E-state index in [-0.39, 0.29) is 11.9 Å². The fourth-order valence-electron chi connectivity index (χ4n) is 1.74. The lowest BCUT2D eigenvalue weighted by Gasteiger charge is -2.03. The van der Waals surface area contributed by atoms with Crippen molar-refractivity contribution >= 4 is 11.6 Å². The van der Waals surface area contributed by atoms with E-state index in [0.717, 1.165) is 5.76 Å². The molecule has 96 valence electrons. The summed E-state index contributed by atoms with van der Waals surface area (Å²) in [7, 11) is 0. The van der Waals surface area contributed by atoms with Crippen molar-refractivity contribution in [2.75, 3.05) is 5.32 Å². The summed E-state index contributed by atoms with van der Waals surface area (Å²) in [5.41, 5.74) is 1.25. The molecule has 0 spiro atoms. The maximum absolute atomic E-state index is 12.0. The Morgan fingerprint density at radius 3 is 2.67 bits per heavy atom. The van der Waals surface area contributed by atoms with Gasteiger partial charge in [0.15, 0.2) is 0 Å². The minimum absolute atomic E-state index is 0.173. The number of hydrogen-bond donors (Lipinski definition) is 1. The Morgan fingerprint density at radius 1 is 1.44 bits per heavy atom. The molecule has 0 radical (unpaired) electrons. The van der Waals surface area contributed by atoms with Gasteiger partial charge in [-0.2, -0.15) is 5.10 Å². The van der Waals surface area contributed by atoms with Crippen LogP contribution in [0.3, 0.4) is 0 Å². The van der Waals surface area contributed by atoms with Gasteiger partial charge in [0.25, 0.3) is 5.91 Å². The SMILES string of the molecule is Cc1cc(C(=O)Nc2cnn(C(C)C)c2)c(C)o1. The predicted molar refractivity (Wildman–Crippen MR) is 68.7 cm³/mol. The molecule has 0 saturated heterocycles. The largest absolute Gasteiger partial charge is 0.466 e. The van der Waals surface area contributed by atoms with Crippen molar-refractivity contribution in [3.05, 3.63) is 35.5 Å². The summed E-state index contributed by atoms with van der Waals surface area (Å²) in [6.45, 7) is 7.66. The summed E-state index contributed by atoms with van der Waals surface area (Å²) < 4.78 is 7.13. The first-order chi connectivity index (χ1) is 8.47. The van der Waals surface area contributed by atoms with Crippen LogP contribution in [0.4, 0.5) is 5.69 Å². The number of carbonyl (C=O) groups is 1. The van der Waals surface area contributed by atoms with E-state index in [0.29, 0.717) is 17.0 Å². The topological polar surface area (TPSA) is 60.1 Å². The molecule has 0 atom stereocenters. The van der Waals surface area contributed by atoms with Crippen LogP contribution < -0.4 is 5.32 Å². The molecule has 5 nitrogen and oxygen atoms in total. The van der Waals surface area contributed by atoms with Crippen LogP contribution in [0.15, 0.2) is 22.9 Å². The van der Waals surface area contributed by atoms with E-state index in [4.69, 9.17) is 4.42 Å². The molecule has 2 heterocycles. The van der Waals surface area contributed by atoms with E-state index in [1.165, 1.54) is 0 Å². The lowest BCUT2D eigenvalue weighted by Crippen LogP contribution is -2.11. The summed E-state index contributed by atoms with van der Waals surface area (Å²) in [6, 6.07) is 2.01. The van der Waals surface area contributed by atoms with Crippen molar-refractivity contribution in [2.45, 2.75) is 33.7 Å². The van der Waals surface area contributed by atoms with E-state index in [1.54, 1.807) is 23.9 Å². The van der Waals surface area contributed by atoms with Crippen molar-refractivity contribution < 1.29 is 9.21 Å². The van der Waals surface area contributed by atoms with Gasteiger partial charge in [0, 0.05) is 12.2 Å². The molecule has 2 aromatic rings. The number of nitrogens with zero attached hydrogens (tertiary/aromatic N) is 2. The number of hydrogen-bond acceptors (Lipinski definition) is 3. The standard InChI is InChI=1S/C13H17N3O2/c1-8(2)16-7-11(6-14-16)15-13(17)12-5-9(3)18-10(12)4/h5-8H,1-4H3,(H,15,17). The Balaban J connectivity index is 2.13. The van der Waals surface area contributed by atoms with E-state index in [1.807, 2.05) is 27.0 Å². The highest BCUT2D eigenvalue weighted by Crippen LogP contribution is 2.16. The second-order valence-corrected chi connectivity index (χ2v) is 4.58. The molecular weight excluding hydrogens is 230 g/mol. The van der Waals surface area contributed by atoms with Gasteiger partial charge in [0.05, 0.1) is 17.4 Å². The van der Waals surface area contributed by atoms with Crippen molar-refractivity contribution in [2.24, 2.45) is 0 Å². The molecule has 1 N–H and O–H groups in total. The Morgan fingerprint density at radius 2 is 2.17 bits per heavy atom. The first-order valence-corrected chi connectivity index (χ1v) is 5.90. The highest BCUT2D eigenvalue weighted by molar-refractivity contribution is 6.04. The van der Waals surface area contributed by atoms with Crippen molar-refractivity contribution in [3.8, 4) is 0 Å². The summed E-state index contributed by atoms with van der Waals surface area (Å²) in [6.07, 6.45) is 3.45. The number of amides is 1. The van der Waals surface area contributed by atoms with Crippen LogP contribution in [0.25, 0.3) is 0 Å². The van der Waals surface area contributed by atoms with Gasteiger partial charge in [-0.25, -0.2) is 0 Å². The predicted octanol–water partition coefficient (Wildman–Crippen LogP) is 2.93. The number of furan rings is 1. The summed E-state index contributed by atoms with van der Waals surface area (Å²) >= 11 is 0. The van der Waals surface area contributed by atoms with Crippen LogP contribution in [0.1, 0.15) is 41.8 Å². The number of aromatic nitrogens is 2. The summed E-state index contributed by atoms with van der Waals surface area (Å²) in [5, 5.41) is 6.97. The monoisotopic (exact) mass is 247 g/mol. The van der Waals surface area contributed by atoms with Crippen molar-refractivity contribution in [3.63, 3.8) is 0 Å². The Kier molecular flexibility index (Phi) is 3.23. The molecule has 1 amide bonds. The summed E-state index contributed by atoms with van der Waals surface area (Å²) in [5.74, 6) is 1.18. The van der Waals surface area contributed by atoms with Crippen LogP contribution in [0.2, 0.25) is 0 Å². The summed E-state index contributed by atoms with van der Waals surface area (Å²) in [4.78, 5) is 12.0. The number of rotatable bonds is 3. The first kappa shape index (κ1) is 12.4. The molecule has 0 unspecified atom stereocenters. The second kappa shape index (κ2) is 4.68. The minimum atomic E-state index is -0.173. The zero-order valence-electron chi connectivity index (χ0n) is 11.0. The Labute approximate surface area is 106 Å². The van der Waals surface area contributed by atoms with Gasteiger partial charge in [-0.15, -0.1) is 0 Å². The first-order valence-electron chi connectivity index (χ1n) is 5.90. The molecule has 0 saturated carbocycles. The van der Waals surface area contributed by atoms with Gasteiger partial charge in [0.2, 0.25) is 0 Å². The lowest BCUT2D eigenvalue weighted by molar-refractivity contribution is 0.102. The third-order valence-corrected chi connectivity index (χ3v) is 2.67. The fourth-order valence-corrected chi connectivity index (χ4v) is 1.74. The molecule has 0 aromatic carbocycles. The zero-order chi connectivity index (χ0) is 13.3. The van der Waals surface area contributed by atoms with Crippen LogP contribution in [-0.4, -0.2) is 15.7 Å². The number of nitrogens with one attached hydrogen (secondary N) is 1. The van der Waals surface area contributed by atoms with Crippen LogP contribution in [0, 0.1) is 13.8 Å². The normalized spacial score (nSPS) is 10.9. The van der Waals surface area contributed by atoms with Gasteiger partial charge < -0.3 is 9.73 Å². The smallest absolute Gasteiger partial charge is 0.259 e. The van der Waals surface area contributed by atoms with E-state index in [9.17, 15) is 4.79 Å². The van der Waals surface area contributed by atoms with Gasteiger partial charge >= 0.3 is 0 Å². The molecule has 0 aliphatic rings. The quantitative estimate of drug-likeness (QED) is 0.907. The molecule has 0 bridgehead atoms. The average Bonchev–Trinajstić information content (AvgIpc) is 2.85. The molecule has 0 aliphatic heterocycles. The minimum Gasteiger partial charge on any atom is -0.466 e. The molecule has 0 fully saturated rings. The Hall–Kier alpha value is -2.04. The maximum atomic E-state index is 12.0. The van der Waals surface area contributed by atoms with Crippen LogP contribution >= 0.6 is 0 Å². The van der Waals surface area contributed by atoms with Gasteiger partial charge in [-0.1, -0.05) is 0 Å². The molecule has 18 heavy (non-hydrogen) atoms. The fraction of sp³-hybridized carbons (Fsp3) is 0.385. The van der Waals surface area contributed by atoms with E-state index in [2.05, 4.69) is 10.4 Å². The average molecular weight is 247 g/mol. The van der Waals surface area contributed by atoms with E-state index >= 15 is 0 Å². The molecule has 0 aliphatic carbocycles. The molecule has 2 rings (SSSR count). The zero-order valence-corrected chi connectivity index (χ0v) is 11.0. The maximum Gasteiger partial charge on any atom is 0.259 e. The Bertz CT molecular complexity index is 567. The number of aryl methyl sites for hydroxylation is 2. The van der Waals surface area contributed by atoms with Crippen molar-refractivity contribution in [1.29, 1.82) is 0 Å². The molecule has 5 heteroatoms. The molecular formula is C13H17N3O2. The molecule has 2 aromatic heterocycles. The van der Waals surface area contributed by atoms with E-state index < -0.39 is 0 Å². The van der Waals surface area contributed by atoms with Crippen molar-refractivity contribution in [1.82, 2.24) is 9.78 Å². The van der Waals surface area contributed by atoms with Gasteiger partial charge in [0.1, 0.15) is 11.5 Å². The second-order valence-electron chi connectivity index (χ2n) is 4.58. The van der Waals surface area contributed by atoms with Crippen LogP contribution in [0.5, 0.6) is 0 Å². The lowest BCUT2D eigenvalue weighted by atomic mass is 10.2. The van der Waals surface area contributed by atoms with Gasteiger partial charge in [-0.3, -0.25) is 9.48 Å². The third-order valence-electron chi connectivity index (χ3n) is 2.67. The highest BCUT2D eigenvalue weighted by Gasteiger charge is 2.14. The van der Waals surface area contributed by atoms with Gasteiger partial charge in [-0.05, 0) is 33.8 Å². The third kappa shape index (κ3) is 2.45. The van der Waals surface area contributed by atoms with Crippen LogP contribution in [-0.2, 0) is 0 Å².